The molecule has 0 spiro atoms. The minimum Gasteiger partial charge on any atom is -0.507 e. The quantitative estimate of drug-likeness (QED) is 0.833. The second-order valence-electron chi connectivity index (χ2n) is 5.82. The second kappa shape index (κ2) is 5.04. The fraction of sp³-hybridized carbons (Fsp3) is 0.500. The van der Waals surface area contributed by atoms with Gasteiger partial charge in [0, 0.05) is 6.04 Å². The van der Waals surface area contributed by atoms with Crippen molar-refractivity contribution in [2.24, 2.45) is 0 Å². The van der Waals surface area contributed by atoms with Gasteiger partial charge in [-0.3, -0.25) is 0 Å². The molecule has 1 unspecified atom stereocenters. The third-order valence-corrected chi connectivity index (χ3v) is 3.56. The summed E-state index contributed by atoms with van der Waals surface area (Å²) in [5.41, 5.74) is 1.73. The normalized spacial score (nSPS) is 18.0. The highest BCUT2D eigenvalue weighted by Gasteiger charge is 2.26. The summed E-state index contributed by atoms with van der Waals surface area (Å²) >= 11 is 3.30. The number of phenolic OH excluding ortho intramolecular Hbond substituents is 1. The van der Waals surface area contributed by atoms with Crippen molar-refractivity contribution in [2.75, 3.05) is 0 Å². The molecule has 1 aliphatic carbocycles. The summed E-state index contributed by atoms with van der Waals surface area (Å²) in [5.74, 6) is 0.233. The van der Waals surface area contributed by atoms with Crippen molar-refractivity contribution in [3.05, 3.63) is 27.7 Å². The fourth-order valence-corrected chi connectivity index (χ4v) is 2.60. The zero-order chi connectivity index (χ0) is 14.2. The number of carbonyl (C=O) groups excluding carboxylic acids is 1. The molecule has 0 aliphatic heterocycles. The van der Waals surface area contributed by atoms with Crippen LogP contribution in [0.25, 0.3) is 0 Å². The summed E-state index contributed by atoms with van der Waals surface area (Å²) in [5, 5.41) is 12.5. The summed E-state index contributed by atoms with van der Waals surface area (Å²) in [6.45, 7) is 5.52. The zero-order valence-electron chi connectivity index (χ0n) is 11.3. The van der Waals surface area contributed by atoms with Crippen molar-refractivity contribution >= 4 is 22.0 Å². The molecule has 0 aromatic heterocycles. The molecule has 1 aromatic carbocycles. The van der Waals surface area contributed by atoms with E-state index in [9.17, 15) is 9.90 Å². The summed E-state index contributed by atoms with van der Waals surface area (Å²) < 4.78 is 5.92. The van der Waals surface area contributed by atoms with Gasteiger partial charge in [0.1, 0.15) is 11.4 Å². The van der Waals surface area contributed by atoms with E-state index < -0.39 is 11.7 Å². The molecule has 2 rings (SSSR count). The van der Waals surface area contributed by atoms with Crippen molar-refractivity contribution in [2.45, 2.75) is 45.3 Å². The van der Waals surface area contributed by atoms with Crippen LogP contribution < -0.4 is 5.32 Å². The number of alkyl carbamates (subject to hydrolysis) is 1. The van der Waals surface area contributed by atoms with Crippen LogP contribution in [0.4, 0.5) is 4.79 Å². The van der Waals surface area contributed by atoms with E-state index in [4.69, 9.17) is 4.74 Å². The molecule has 2 N–H and O–H groups in total. The van der Waals surface area contributed by atoms with Gasteiger partial charge < -0.3 is 15.2 Å². The van der Waals surface area contributed by atoms with Gasteiger partial charge in [0.2, 0.25) is 0 Å². The Morgan fingerprint density at radius 2 is 1.95 bits per heavy atom. The summed E-state index contributed by atoms with van der Waals surface area (Å²) in [4.78, 5) is 11.7. The molecule has 1 atom stereocenters. The van der Waals surface area contributed by atoms with E-state index in [0.29, 0.717) is 4.47 Å². The first-order valence-electron chi connectivity index (χ1n) is 6.24. The lowest BCUT2D eigenvalue weighted by Crippen LogP contribution is -2.39. The SMILES string of the molecule is CC(C)(C)OC(=O)NC1Cc2cc(O)c(Br)cc2C1. The Hall–Kier alpha value is -1.23. The Morgan fingerprint density at radius 3 is 2.53 bits per heavy atom. The van der Waals surface area contributed by atoms with E-state index in [-0.39, 0.29) is 11.8 Å². The first kappa shape index (κ1) is 14.2. The lowest BCUT2D eigenvalue weighted by molar-refractivity contribution is 0.0506. The predicted molar refractivity (Wildman–Crippen MR) is 76.4 cm³/mol. The largest absolute Gasteiger partial charge is 0.507 e. The molecule has 0 heterocycles. The number of nitrogens with one attached hydrogen (secondary N) is 1. The fourth-order valence-electron chi connectivity index (χ4n) is 2.21. The zero-order valence-corrected chi connectivity index (χ0v) is 12.9. The van der Waals surface area contributed by atoms with Crippen LogP contribution in [0.15, 0.2) is 16.6 Å². The van der Waals surface area contributed by atoms with Crippen molar-refractivity contribution in [3.8, 4) is 5.75 Å². The van der Waals surface area contributed by atoms with Crippen molar-refractivity contribution in [1.82, 2.24) is 5.32 Å². The van der Waals surface area contributed by atoms with Crippen molar-refractivity contribution in [1.29, 1.82) is 0 Å². The van der Waals surface area contributed by atoms with Crippen LogP contribution in [0.1, 0.15) is 31.9 Å². The van der Waals surface area contributed by atoms with Gasteiger partial charge in [-0.05, 0) is 72.8 Å². The number of phenols is 1. The molecule has 19 heavy (non-hydrogen) atoms. The molecule has 1 aliphatic rings. The van der Waals surface area contributed by atoms with Crippen molar-refractivity contribution in [3.63, 3.8) is 0 Å². The van der Waals surface area contributed by atoms with Gasteiger partial charge in [-0.1, -0.05) is 0 Å². The summed E-state index contributed by atoms with van der Waals surface area (Å²) in [7, 11) is 0. The first-order valence-corrected chi connectivity index (χ1v) is 7.03. The molecule has 0 fully saturated rings. The number of aromatic hydroxyl groups is 1. The maximum atomic E-state index is 11.7. The number of carbonyl (C=O) groups is 1. The van der Waals surface area contributed by atoms with E-state index in [0.717, 1.165) is 24.0 Å². The Bertz CT molecular complexity index is 477. The van der Waals surface area contributed by atoms with Crippen LogP contribution in [-0.2, 0) is 17.6 Å². The topological polar surface area (TPSA) is 58.6 Å². The summed E-state index contributed by atoms with van der Waals surface area (Å²) in [6, 6.07) is 3.68. The predicted octanol–water partition coefficient (Wildman–Crippen LogP) is 3.15. The number of halogens is 1. The van der Waals surface area contributed by atoms with E-state index >= 15 is 0 Å². The lowest BCUT2D eigenvalue weighted by atomic mass is 10.1. The van der Waals surface area contributed by atoms with Gasteiger partial charge in [0.15, 0.2) is 0 Å². The molecule has 0 radical (unpaired) electrons. The van der Waals surface area contributed by atoms with E-state index in [1.54, 1.807) is 6.07 Å². The number of rotatable bonds is 1. The monoisotopic (exact) mass is 327 g/mol. The van der Waals surface area contributed by atoms with Gasteiger partial charge in [0.25, 0.3) is 0 Å². The van der Waals surface area contributed by atoms with Gasteiger partial charge in [-0.25, -0.2) is 4.79 Å². The number of fused-ring (bicyclic) bond motifs is 1. The molecule has 1 amide bonds. The van der Waals surface area contributed by atoms with Crippen molar-refractivity contribution < 1.29 is 14.6 Å². The summed E-state index contributed by atoms with van der Waals surface area (Å²) in [6.07, 6.45) is 1.08. The van der Waals surface area contributed by atoms with Gasteiger partial charge in [-0.2, -0.15) is 0 Å². The highest BCUT2D eigenvalue weighted by atomic mass is 79.9. The Labute approximate surface area is 121 Å². The van der Waals surface area contributed by atoms with Crippen LogP contribution in [0.2, 0.25) is 0 Å². The highest BCUT2D eigenvalue weighted by Crippen LogP contribution is 2.32. The van der Waals surface area contributed by atoms with E-state index in [1.165, 1.54) is 0 Å². The third-order valence-electron chi connectivity index (χ3n) is 2.92. The van der Waals surface area contributed by atoms with Gasteiger partial charge in [-0.15, -0.1) is 0 Å². The number of benzene rings is 1. The minimum absolute atomic E-state index is 0.0264. The molecular weight excluding hydrogens is 310 g/mol. The Balaban J connectivity index is 1.99. The van der Waals surface area contributed by atoms with Crippen LogP contribution >= 0.6 is 15.9 Å². The molecule has 5 heteroatoms. The van der Waals surface area contributed by atoms with Crippen LogP contribution in [0, 0.1) is 0 Å². The van der Waals surface area contributed by atoms with E-state index in [2.05, 4.69) is 21.2 Å². The molecular formula is C14H18BrNO3. The van der Waals surface area contributed by atoms with Crippen LogP contribution in [0.5, 0.6) is 5.75 Å². The third kappa shape index (κ3) is 3.62. The first-order chi connectivity index (χ1) is 8.74. The second-order valence-corrected chi connectivity index (χ2v) is 6.68. The Morgan fingerprint density at radius 1 is 1.37 bits per heavy atom. The van der Waals surface area contributed by atoms with E-state index in [1.807, 2.05) is 26.8 Å². The van der Waals surface area contributed by atoms with Crippen LogP contribution in [-0.4, -0.2) is 22.8 Å². The van der Waals surface area contributed by atoms with Crippen LogP contribution in [0.3, 0.4) is 0 Å². The maximum Gasteiger partial charge on any atom is 0.407 e. The molecule has 0 bridgehead atoms. The molecule has 1 aromatic rings. The molecule has 0 saturated heterocycles. The maximum absolute atomic E-state index is 11.7. The average Bonchev–Trinajstić information content (AvgIpc) is 2.56. The number of hydrogen-bond donors (Lipinski definition) is 2. The standard InChI is InChI=1S/C14H18BrNO3/c1-14(2,3)19-13(18)16-10-4-8-6-11(15)12(17)7-9(8)5-10/h6-7,10,17H,4-5H2,1-3H3,(H,16,18). The number of hydrogen-bond acceptors (Lipinski definition) is 3. The number of amides is 1. The molecule has 4 nitrogen and oxygen atoms in total. The molecule has 104 valence electrons. The Kier molecular flexibility index (Phi) is 3.76. The highest BCUT2D eigenvalue weighted by molar-refractivity contribution is 9.10. The minimum atomic E-state index is -0.489. The van der Waals surface area contributed by atoms with Gasteiger partial charge in [0.05, 0.1) is 4.47 Å². The number of ether oxygens (including phenoxy) is 1. The smallest absolute Gasteiger partial charge is 0.407 e. The molecule has 0 saturated carbocycles. The average molecular weight is 328 g/mol. The van der Waals surface area contributed by atoms with Gasteiger partial charge >= 0.3 is 6.09 Å². The lowest BCUT2D eigenvalue weighted by Gasteiger charge is -2.21.